The standard InChI is InChI=1S/C11H14F3NO2/c1-10(2)3-5-7(6(16)4-10)8(9(17)15-5)11(12,13)14/h5,7-8H,3-4H2,1-2H3,(H,15,17). The number of halogens is 3. The minimum absolute atomic E-state index is 0.107. The van der Waals surface area contributed by atoms with Crippen molar-refractivity contribution in [1.82, 2.24) is 5.32 Å². The lowest BCUT2D eigenvalue weighted by atomic mass is 9.68. The van der Waals surface area contributed by atoms with Crippen LogP contribution in [0.1, 0.15) is 26.7 Å². The molecule has 0 aromatic carbocycles. The van der Waals surface area contributed by atoms with E-state index in [2.05, 4.69) is 5.32 Å². The molecule has 17 heavy (non-hydrogen) atoms. The van der Waals surface area contributed by atoms with E-state index < -0.39 is 35.7 Å². The number of nitrogens with one attached hydrogen (secondary N) is 1. The van der Waals surface area contributed by atoms with Crippen LogP contribution in [0.3, 0.4) is 0 Å². The Morgan fingerprint density at radius 2 is 1.88 bits per heavy atom. The molecule has 1 amide bonds. The van der Waals surface area contributed by atoms with Gasteiger partial charge in [0.1, 0.15) is 11.7 Å². The second-order valence-electron chi connectivity index (χ2n) is 5.67. The van der Waals surface area contributed by atoms with Gasteiger partial charge in [0.05, 0.1) is 5.92 Å². The Balaban J connectivity index is 2.32. The number of carbonyl (C=O) groups excluding carboxylic acids is 2. The Kier molecular flexibility index (Phi) is 2.52. The second-order valence-corrected chi connectivity index (χ2v) is 5.67. The van der Waals surface area contributed by atoms with Crippen molar-refractivity contribution in [2.75, 3.05) is 0 Å². The van der Waals surface area contributed by atoms with Crippen LogP contribution in [0.15, 0.2) is 0 Å². The number of alkyl halides is 3. The maximum Gasteiger partial charge on any atom is 0.401 e. The van der Waals surface area contributed by atoms with Crippen LogP contribution in [0, 0.1) is 17.3 Å². The molecule has 1 saturated carbocycles. The molecule has 0 bridgehead atoms. The zero-order valence-electron chi connectivity index (χ0n) is 9.60. The lowest BCUT2D eigenvalue weighted by molar-refractivity contribution is -0.190. The zero-order chi connectivity index (χ0) is 13.0. The lowest BCUT2D eigenvalue weighted by Gasteiger charge is -2.37. The largest absolute Gasteiger partial charge is 0.401 e. The summed E-state index contributed by atoms with van der Waals surface area (Å²) >= 11 is 0. The minimum Gasteiger partial charge on any atom is -0.352 e. The van der Waals surface area contributed by atoms with E-state index in [1.165, 1.54) is 0 Å². The normalized spacial score (nSPS) is 36.6. The Bertz CT molecular complexity index is 375. The highest BCUT2D eigenvalue weighted by molar-refractivity contribution is 5.94. The Morgan fingerprint density at radius 1 is 1.29 bits per heavy atom. The summed E-state index contributed by atoms with van der Waals surface area (Å²) in [5.41, 5.74) is -0.341. The first-order valence-electron chi connectivity index (χ1n) is 5.52. The fourth-order valence-electron chi connectivity index (χ4n) is 2.96. The summed E-state index contributed by atoms with van der Waals surface area (Å²) < 4.78 is 38.2. The van der Waals surface area contributed by atoms with Gasteiger partial charge in [-0.2, -0.15) is 13.2 Å². The SMILES string of the molecule is CC1(C)CC(=O)C2C(C1)NC(=O)C2C(F)(F)F. The Labute approximate surface area is 96.7 Å². The van der Waals surface area contributed by atoms with E-state index in [9.17, 15) is 22.8 Å². The van der Waals surface area contributed by atoms with Crippen molar-refractivity contribution >= 4 is 11.7 Å². The predicted molar refractivity (Wildman–Crippen MR) is 53.0 cm³/mol. The van der Waals surface area contributed by atoms with Crippen molar-refractivity contribution in [3.05, 3.63) is 0 Å². The Hall–Kier alpha value is -1.07. The van der Waals surface area contributed by atoms with Crippen LogP contribution in [-0.4, -0.2) is 23.9 Å². The monoisotopic (exact) mass is 249 g/mol. The van der Waals surface area contributed by atoms with Gasteiger partial charge in [-0.05, 0) is 11.8 Å². The highest BCUT2D eigenvalue weighted by Crippen LogP contribution is 2.46. The van der Waals surface area contributed by atoms with E-state index >= 15 is 0 Å². The van der Waals surface area contributed by atoms with Gasteiger partial charge >= 0.3 is 6.18 Å². The molecule has 3 unspecified atom stereocenters. The van der Waals surface area contributed by atoms with Crippen LogP contribution in [0.4, 0.5) is 13.2 Å². The van der Waals surface area contributed by atoms with E-state index in [0.717, 1.165) is 0 Å². The van der Waals surface area contributed by atoms with E-state index in [-0.39, 0.29) is 11.8 Å². The van der Waals surface area contributed by atoms with Gasteiger partial charge < -0.3 is 5.32 Å². The fourth-order valence-corrected chi connectivity index (χ4v) is 2.96. The van der Waals surface area contributed by atoms with Crippen LogP contribution < -0.4 is 5.32 Å². The summed E-state index contributed by atoms with van der Waals surface area (Å²) in [6.07, 6.45) is -4.11. The van der Waals surface area contributed by atoms with Gasteiger partial charge in [-0.25, -0.2) is 0 Å². The topological polar surface area (TPSA) is 46.2 Å². The molecule has 0 aromatic rings. The summed E-state index contributed by atoms with van der Waals surface area (Å²) in [6.45, 7) is 3.66. The Morgan fingerprint density at radius 3 is 2.41 bits per heavy atom. The van der Waals surface area contributed by atoms with Gasteiger partial charge in [0, 0.05) is 12.5 Å². The molecular formula is C11H14F3NO2. The third kappa shape index (κ3) is 2.05. The van der Waals surface area contributed by atoms with Gasteiger partial charge in [-0.3, -0.25) is 9.59 Å². The van der Waals surface area contributed by atoms with Gasteiger partial charge in [0.2, 0.25) is 5.91 Å². The number of rotatable bonds is 0. The second kappa shape index (κ2) is 3.46. The first kappa shape index (κ1) is 12.4. The molecule has 3 nitrogen and oxygen atoms in total. The first-order chi connectivity index (χ1) is 7.62. The molecule has 0 spiro atoms. The van der Waals surface area contributed by atoms with E-state index in [1.807, 2.05) is 13.8 Å². The van der Waals surface area contributed by atoms with Crippen LogP contribution in [0.5, 0.6) is 0 Å². The summed E-state index contributed by atoms with van der Waals surface area (Å²) in [4.78, 5) is 23.2. The number of fused-ring (bicyclic) bond motifs is 1. The molecule has 2 aliphatic rings. The molecule has 2 fully saturated rings. The molecule has 3 atom stereocenters. The van der Waals surface area contributed by atoms with Gasteiger partial charge in [0.15, 0.2) is 0 Å². The van der Waals surface area contributed by atoms with Gasteiger partial charge in [0.25, 0.3) is 0 Å². The van der Waals surface area contributed by atoms with Crippen molar-refractivity contribution < 1.29 is 22.8 Å². The molecular weight excluding hydrogens is 235 g/mol. The molecule has 1 aliphatic carbocycles. The number of hydrogen-bond donors (Lipinski definition) is 1. The highest BCUT2D eigenvalue weighted by atomic mass is 19.4. The van der Waals surface area contributed by atoms with Crippen molar-refractivity contribution in [2.24, 2.45) is 17.3 Å². The van der Waals surface area contributed by atoms with Crippen molar-refractivity contribution in [3.63, 3.8) is 0 Å². The predicted octanol–water partition coefficient (Wildman–Crippen LogP) is 1.67. The average molecular weight is 249 g/mol. The molecule has 0 aromatic heterocycles. The van der Waals surface area contributed by atoms with Crippen molar-refractivity contribution in [2.45, 2.75) is 38.9 Å². The molecule has 1 heterocycles. The van der Waals surface area contributed by atoms with E-state index in [0.29, 0.717) is 6.42 Å². The number of amides is 1. The number of ketones is 1. The summed E-state index contributed by atoms with van der Waals surface area (Å²) in [6, 6.07) is -0.662. The van der Waals surface area contributed by atoms with Gasteiger partial charge in [-0.1, -0.05) is 13.8 Å². The molecule has 1 N–H and O–H groups in total. The van der Waals surface area contributed by atoms with Crippen LogP contribution in [0.2, 0.25) is 0 Å². The third-order valence-corrected chi connectivity index (χ3v) is 3.55. The van der Waals surface area contributed by atoms with E-state index in [1.54, 1.807) is 0 Å². The molecule has 1 aliphatic heterocycles. The molecule has 0 radical (unpaired) electrons. The maximum absolute atomic E-state index is 12.7. The molecule has 96 valence electrons. The van der Waals surface area contributed by atoms with Crippen LogP contribution >= 0.6 is 0 Å². The van der Waals surface area contributed by atoms with Gasteiger partial charge in [-0.15, -0.1) is 0 Å². The fraction of sp³-hybridized carbons (Fsp3) is 0.818. The van der Waals surface area contributed by atoms with Crippen molar-refractivity contribution in [3.8, 4) is 0 Å². The summed E-state index contributed by atoms with van der Waals surface area (Å²) in [7, 11) is 0. The number of Topliss-reactive ketones (excluding diaryl/α,β-unsaturated/α-hetero) is 1. The lowest BCUT2D eigenvalue weighted by Crippen LogP contribution is -2.45. The zero-order valence-corrected chi connectivity index (χ0v) is 9.60. The summed E-state index contributed by atoms with van der Waals surface area (Å²) in [5, 5.41) is 2.32. The third-order valence-electron chi connectivity index (χ3n) is 3.55. The minimum atomic E-state index is -4.64. The smallest absolute Gasteiger partial charge is 0.352 e. The molecule has 2 rings (SSSR count). The van der Waals surface area contributed by atoms with Crippen LogP contribution in [0.25, 0.3) is 0 Å². The first-order valence-corrected chi connectivity index (χ1v) is 5.52. The van der Waals surface area contributed by atoms with Crippen LogP contribution in [-0.2, 0) is 9.59 Å². The quantitative estimate of drug-likeness (QED) is 0.709. The molecule has 6 heteroatoms. The maximum atomic E-state index is 12.7. The summed E-state index contributed by atoms with van der Waals surface area (Å²) in [5.74, 6) is -4.89. The number of carbonyl (C=O) groups is 2. The van der Waals surface area contributed by atoms with Crippen molar-refractivity contribution in [1.29, 1.82) is 0 Å². The highest BCUT2D eigenvalue weighted by Gasteiger charge is 2.61. The number of hydrogen-bond acceptors (Lipinski definition) is 2. The van der Waals surface area contributed by atoms with E-state index in [4.69, 9.17) is 0 Å². The average Bonchev–Trinajstić information content (AvgIpc) is 2.37. The molecule has 1 saturated heterocycles.